The van der Waals surface area contributed by atoms with Crippen molar-refractivity contribution in [2.45, 2.75) is 13.2 Å². The minimum Gasteiger partial charge on any atom is -0.508 e. The van der Waals surface area contributed by atoms with E-state index in [4.69, 9.17) is 4.74 Å². The summed E-state index contributed by atoms with van der Waals surface area (Å²) in [5.41, 5.74) is 2.44. The Labute approximate surface area is 135 Å². The van der Waals surface area contributed by atoms with E-state index < -0.39 is 0 Å². The number of rotatable bonds is 5. The summed E-state index contributed by atoms with van der Waals surface area (Å²) in [5.74, 6) is 0.929. The van der Waals surface area contributed by atoms with Crippen LogP contribution in [0.15, 0.2) is 54.6 Å². The summed E-state index contributed by atoms with van der Waals surface area (Å²) in [6.45, 7) is 0.405. The van der Waals surface area contributed by atoms with Crippen LogP contribution >= 0.6 is 0 Å². The van der Waals surface area contributed by atoms with Gasteiger partial charge in [0.25, 0.3) is 0 Å². The van der Waals surface area contributed by atoms with E-state index in [0.29, 0.717) is 12.3 Å². The minimum atomic E-state index is -0.0851. The maximum absolute atomic E-state index is 10.2. The Bertz CT molecular complexity index is 830. The Balaban J connectivity index is 1.88. The second-order valence-electron chi connectivity index (χ2n) is 5.32. The lowest BCUT2D eigenvalue weighted by molar-refractivity contribution is 0.274. The van der Waals surface area contributed by atoms with Gasteiger partial charge in [-0.25, -0.2) is 0 Å². The number of phenols is 1. The van der Waals surface area contributed by atoms with E-state index in [1.54, 1.807) is 13.2 Å². The molecule has 0 heterocycles. The van der Waals surface area contributed by atoms with Crippen LogP contribution in [-0.4, -0.2) is 17.3 Å². The zero-order valence-corrected chi connectivity index (χ0v) is 12.9. The number of aliphatic hydroxyl groups is 1. The predicted molar refractivity (Wildman–Crippen MR) is 91.9 cm³/mol. The molecular weight excluding hydrogens is 290 g/mol. The second-order valence-corrected chi connectivity index (χ2v) is 5.32. The fourth-order valence-electron chi connectivity index (χ4n) is 2.71. The lowest BCUT2D eigenvalue weighted by atomic mass is 10.0. The number of methoxy groups -OCH3 is 1. The van der Waals surface area contributed by atoms with Crippen molar-refractivity contribution in [3.8, 4) is 11.5 Å². The average molecular weight is 309 g/mol. The quantitative estimate of drug-likeness (QED) is 0.673. The van der Waals surface area contributed by atoms with Crippen LogP contribution in [0.2, 0.25) is 0 Å². The van der Waals surface area contributed by atoms with Gasteiger partial charge in [0.1, 0.15) is 11.5 Å². The largest absolute Gasteiger partial charge is 0.508 e. The highest BCUT2D eigenvalue weighted by atomic mass is 16.5. The molecule has 3 N–H and O–H groups in total. The van der Waals surface area contributed by atoms with Gasteiger partial charge in [-0.15, -0.1) is 0 Å². The van der Waals surface area contributed by atoms with Crippen LogP contribution in [0.4, 0.5) is 5.69 Å². The van der Waals surface area contributed by atoms with E-state index in [-0.39, 0.29) is 12.4 Å². The van der Waals surface area contributed by atoms with E-state index in [1.165, 1.54) is 0 Å². The lowest BCUT2D eigenvalue weighted by Crippen LogP contribution is -2.02. The molecule has 0 unspecified atom stereocenters. The van der Waals surface area contributed by atoms with Crippen LogP contribution in [0.3, 0.4) is 0 Å². The molecule has 0 saturated heterocycles. The maximum atomic E-state index is 10.2. The van der Waals surface area contributed by atoms with Crippen molar-refractivity contribution in [1.82, 2.24) is 0 Å². The van der Waals surface area contributed by atoms with Gasteiger partial charge in [0.05, 0.1) is 13.7 Å². The molecule has 0 bridgehead atoms. The van der Waals surface area contributed by atoms with Crippen LogP contribution in [0.5, 0.6) is 11.5 Å². The third kappa shape index (κ3) is 3.07. The van der Waals surface area contributed by atoms with E-state index in [2.05, 4.69) is 5.32 Å². The highest BCUT2D eigenvalue weighted by molar-refractivity contribution is 5.87. The van der Waals surface area contributed by atoms with Crippen LogP contribution in [-0.2, 0) is 13.2 Å². The Hall–Kier alpha value is -2.72. The first-order valence-corrected chi connectivity index (χ1v) is 7.44. The highest BCUT2D eigenvalue weighted by Crippen LogP contribution is 2.29. The Morgan fingerprint density at radius 3 is 2.65 bits per heavy atom. The van der Waals surface area contributed by atoms with Gasteiger partial charge >= 0.3 is 0 Å². The molecule has 0 aliphatic rings. The third-order valence-electron chi connectivity index (χ3n) is 3.94. The highest BCUT2D eigenvalue weighted by Gasteiger charge is 2.08. The minimum absolute atomic E-state index is 0.0851. The standard InChI is InChI=1S/C19H19NO3/c1-23-19-9-7-15(10-14(19)12-21)20-11-17-16-5-3-2-4-13(16)6-8-18(17)22/h2-10,20-22H,11-12H2,1H3. The second kappa shape index (κ2) is 6.58. The van der Waals surface area contributed by atoms with Gasteiger partial charge < -0.3 is 20.3 Å². The molecule has 0 radical (unpaired) electrons. The number of anilines is 1. The molecule has 4 nitrogen and oxygen atoms in total. The molecule has 3 rings (SSSR count). The monoisotopic (exact) mass is 309 g/mol. The third-order valence-corrected chi connectivity index (χ3v) is 3.94. The van der Waals surface area contributed by atoms with E-state index in [9.17, 15) is 10.2 Å². The number of fused-ring (bicyclic) bond motifs is 1. The SMILES string of the molecule is COc1ccc(NCc2c(O)ccc3ccccc23)cc1CO. The summed E-state index contributed by atoms with van der Waals surface area (Å²) in [5, 5.41) is 25.0. The predicted octanol–water partition coefficient (Wildman–Crippen LogP) is 3.66. The van der Waals surface area contributed by atoms with E-state index >= 15 is 0 Å². The van der Waals surface area contributed by atoms with Gasteiger partial charge in [-0.3, -0.25) is 0 Å². The summed E-state index contributed by atoms with van der Waals surface area (Å²) in [6.07, 6.45) is 0. The molecule has 118 valence electrons. The number of phenolic OH excluding ortho intramolecular Hbond substituents is 1. The van der Waals surface area contributed by atoms with Crippen LogP contribution in [0, 0.1) is 0 Å². The Kier molecular flexibility index (Phi) is 4.35. The van der Waals surface area contributed by atoms with Crippen LogP contribution in [0.1, 0.15) is 11.1 Å². The van der Waals surface area contributed by atoms with Crippen molar-refractivity contribution in [3.63, 3.8) is 0 Å². The van der Waals surface area contributed by atoms with Gasteiger partial charge in [-0.05, 0) is 35.0 Å². The molecule has 0 amide bonds. The van der Waals surface area contributed by atoms with Crippen molar-refractivity contribution in [1.29, 1.82) is 0 Å². The smallest absolute Gasteiger partial charge is 0.124 e. The fourth-order valence-corrected chi connectivity index (χ4v) is 2.71. The fraction of sp³-hybridized carbons (Fsp3) is 0.158. The van der Waals surface area contributed by atoms with Gasteiger partial charge in [-0.1, -0.05) is 30.3 Å². The molecule has 0 atom stereocenters. The van der Waals surface area contributed by atoms with E-state index in [0.717, 1.165) is 27.6 Å². The Morgan fingerprint density at radius 1 is 1.04 bits per heavy atom. The number of nitrogens with one attached hydrogen (secondary N) is 1. The van der Waals surface area contributed by atoms with Crippen molar-refractivity contribution in [2.75, 3.05) is 12.4 Å². The van der Waals surface area contributed by atoms with Gasteiger partial charge in [0.2, 0.25) is 0 Å². The molecule has 0 aliphatic carbocycles. The normalized spacial score (nSPS) is 10.7. The number of hydrogen-bond donors (Lipinski definition) is 3. The van der Waals surface area contributed by atoms with Crippen molar-refractivity contribution < 1.29 is 14.9 Å². The number of benzene rings is 3. The molecule has 3 aromatic rings. The molecule has 4 heteroatoms. The molecule has 3 aromatic carbocycles. The molecular formula is C19H19NO3. The topological polar surface area (TPSA) is 61.7 Å². The number of ether oxygens (including phenoxy) is 1. The zero-order valence-electron chi connectivity index (χ0n) is 12.9. The molecule has 0 fully saturated rings. The molecule has 23 heavy (non-hydrogen) atoms. The van der Waals surface area contributed by atoms with Crippen LogP contribution < -0.4 is 10.1 Å². The van der Waals surface area contributed by atoms with Gasteiger partial charge in [0.15, 0.2) is 0 Å². The number of aliphatic hydroxyl groups excluding tert-OH is 1. The summed E-state index contributed by atoms with van der Waals surface area (Å²) >= 11 is 0. The van der Waals surface area contributed by atoms with Crippen molar-refractivity contribution in [2.24, 2.45) is 0 Å². The summed E-state index contributed by atoms with van der Waals surface area (Å²) in [7, 11) is 1.58. The summed E-state index contributed by atoms with van der Waals surface area (Å²) in [4.78, 5) is 0. The molecule has 0 aliphatic heterocycles. The first-order chi connectivity index (χ1) is 11.2. The zero-order chi connectivity index (χ0) is 16.2. The summed E-state index contributed by atoms with van der Waals surface area (Å²) < 4.78 is 5.20. The van der Waals surface area contributed by atoms with Gasteiger partial charge in [0, 0.05) is 23.4 Å². The lowest BCUT2D eigenvalue weighted by Gasteiger charge is -2.13. The first-order valence-electron chi connectivity index (χ1n) is 7.44. The molecule has 0 saturated carbocycles. The maximum Gasteiger partial charge on any atom is 0.124 e. The number of hydrogen-bond acceptors (Lipinski definition) is 4. The van der Waals surface area contributed by atoms with E-state index in [1.807, 2.05) is 48.5 Å². The average Bonchev–Trinajstić information content (AvgIpc) is 2.60. The Morgan fingerprint density at radius 2 is 1.87 bits per heavy atom. The van der Waals surface area contributed by atoms with Crippen molar-refractivity contribution >= 4 is 16.5 Å². The van der Waals surface area contributed by atoms with Gasteiger partial charge in [-0.2, -0.15) is 0 Å². The first kappa shape index (κ1) is 15.2. The van der Waals surface area contributed by atoms with Crippen molar-refractivity contribution in [3.05, 3.63) is 65.7 Å². The summed E-state index contributed by atoms with van der Waals surface area (Å²) in [6, 6.07) is 17.1. The van der Waals surface area contributed by atoms with Crippen LogP contribution in [0.25, 0.3) is 10.8 Å². The molecule has 0 spiro atoms. The molecule has 0 aromatic heterocycles. The number of aromatic hydroxyl groups is 1.